The summed E-state index contributed by atoms with van der Waals surface area (Å²) in [5.74, 6) is -1.38. The number of aliphatic hydroxyl groups excluding tert-OH is 1. The van der Waals surface area contributed by atoms with Gasteiger partial charge in [0.05, 0.1) is 12.6 Å². The van der Waals surface area contributed by atoms with Crippen molar-refractivity contribution in [3.05, 3.63) is 30.1 Å². The first-order chi connectivity index (χ1) is 8.50. The van der Waals surface area contributed by atoms with Gasteiger partial charge in [-0.1, -0.05) is 6.07 Å². The molecular formula is C11H15N3O4. The summed E-state index contributed by atoms with van der Waals surface area (Å²) in [5, 5.41) is 22.3. The van der Waals surface area contributed by atoms with Crippen molar-refractivity contribution >= 4 is 12.0 Å². The Hall–Kier alpha value is -2.15. The zero-order valence-electron chi connectivity index (χ0n) is 9.83. The van der Waals surface area contributed by atoms with Crippen LogP contribution in [0.15, 0.2) is 24.5 Å². The largest absolute Gasteiger partial charge is 0.479 e. The van der Waals surface area contributed by atoms with Gasteiger partial charge in [0.15, 0.2) is 6.10 Å². The highest BCUT2D eigenvalue weighted by Crippen LogP contribution is 2.08. The Bertz CT molecular complexity index is 410. The van der Waals surface area contributed by atoms with E-state index in [1.54, 1.807) is 25.4 Å². The number of amides is 2. The second-order valence-electron chi connectivity index (χ2n) is 3.72. The quantitative estimate of drug-likeness (QED) is 0.585. The molecule has 1 heterocycles. The van der Waals surface area contributed by atoms with Crippen molar-refractivity contribution in [3.8, 4) is 0 Å². The predicted octanol–water partition coefficient (Wildman–Crippen LogP) is -0.113. The molecule has 2 amide bonds. The van der Waals surface area contributed by atoms with Gasteiger partial charge in [0.25, 0.3) is 0 Å². The number of aromatic nitrogens is 1. The third-order valence-corrected chi connectivity index (χ3v) is 2.27. The summed E-state index contributed by atoms with van der Waals surface area (Å²) >= 11 is 0. The number of aliphatic hydroxyl groups is 1. The number of pyridine rings is 1. The summed E-state index contributed by atoms with van der Waals surface area (Å²) in [4.78, 5) is 25.7. The molecule has 2 atom stereocenters. The van der Waals surface area contributed by atoms with Gasteiger partial charge >= 0.3 is 12.0 Å². The lowest BCUT2D eigenvalue weighted by Gasteiger charge is -2.15. The van der Waals surface area contributed by atoms with E-state index in [0.717, 1.165) is 5.56 Å². The van der Waals surface area contributed by atoms with Crippen LogP contribution in [0.5, 0.6) is 0 Å². The number of carbonyl (C=O) groups is 2. The lowest BCUT2D eigenvalue weighted by atomic mass is 10.1. The van der Waals surface area contributed by atoms with Gasteiger partial charge in [-0.05, 0) is 18.6 Å². The number of aliphatic carboxylic acids is 1. The molecule has 0 fully saturated rings. The predicted molar refractivity (Wildman–Crippen MR) is 62.8 cm³/mol. The number of carbonyl (C=O) groups excluding carboxylic acids is 1. The third-order valence-electron chi connectivity index (χ3n) is 2.27. The summed E-state index contributed by atoms with van der Waals surface area (Å²) in [6, 6.07) is 2.75. The number of hydrogen-bond acceptors (Lipinski definition) is 4. The highest BCUT2D eigenvalue weighted by atomic mass is 16.4. The lowest BCUT2D eigenvalue weighted by Crippen LogP contribution is -2.42. The van der Waals surface area contributed by atoms with E-state index >= 15 is 0 Å². The number of carboxylic acid groups (broad SMARTS) is 1. The smallest absolute Gasteiger partial charge is 0.334 e. The molecule has 7 nitrogen and oxygen atoms in total. The first-order valence-electron chi connectivity index (χ1n) is 5.36. The molecule has 0 bridgehead atoms. The van der Waals surface area contributed by atoms with E-state index in [1.165, 1.54) is 0 Å². The van der Waals surface area contributed by atoms with Gasteiger partial charge in [-0.25, -0.2) is 9.59 Å². The van der Waals surface area contributed by atoms with E-state index < -0.39 is 18.1 Å². The van der Waals surface area contributed by atoms with Crippen LogP contribution in [0.1, 0.15) is 18.5 Å². The first kappa shape index (κ1) is 13.9. The van der Waals surface area contributed by atoms with Crippen molar-refractivity contribution in [3.63, 3.8) is 0 Å². The molecule has 18 heavy (non-hydrogen) atoms. The van der Waals surface area contributed by atoms with Crippen LogP contribution in [0.2, 0.25) is 0 Å². The van der Waals surface area contributed by atoms with Crippen LogP contribution >= 0.6 is 0 Å². The molecular weight excluding hydrogens is 238 g/mol. The van der Waals surface area contributed by atoms with E-state index in [9.17, 15) is 9.59 Å². The van der Waals surface area contributed by atoms with Crippen molar-refractivity contribution in [2.45, 2.75) is 19.1 Å². The van der Waals surface area contributed by atoms with Crippen molar-refractivity contribution in [2.75, 3.05) is 6.54 Å². The van der Waals surface area contributed by atoms with E-state index in [1.807, 2.05) is 6.07 Å². The minimum atomic E-state index is -1.61. The standard InChI is InChI=1S/C11H15N3O4/c1-7(8-3-2-4-12-5-8)14-11(18)13-6-9(15)10(16)17/h2-5,7,9,15H,6H2,1H3,(H,16,17)(H2,13,14,18). The van der Waals surface area contributed by atoms with Crippen LogP contribution in [0.25, 0.3) is 0 Å². The van der Waals surface area contributed by atoms with E-state index in [2.05, 4.69) is 15.6 Å². The van der Waals surface area contributed by atoms with Crippen molar-refractivity contribution in [1.82, 2.24) is 15.6 Å². The van der Waals surface area contributed by atoms with Gasteiger partial charge in [0.2, 0.25) is 0 Å². The highest BCUT2D eigenvalue weighted by Gasteiger charge is 2.15. The van der Waals surface area contributed by atoms with E-state index in [4.69, 9.17) is 10.2 Å². The number of hydrogen-bond donors (Lipinski definition) is 4. The number of carboxylic acids is 1. The molecule has 0 aliphatic heterocycles. The number of rotatable bonds is 5. The number of nitrogens with zero attached hydrogens (tertiary/aromatic N) is 1. The molecule has 7 heteroatoms. The Morgan fingerprint density at radius 2 is 2.22 bits per heavy atom. The Kier molecular flexibility index (Phi) is 5.06. The average Bonchev–Trinajstić information content (AvgIpc) is 2.36. The molecule has 0 spiro atoms. The maximum Gasteiger partial charge on any atom is 0.334 e. The number of nitrogens with one attached hydrogen (secondary N) is 2. The molecule has 0 radical (unpaired) electrons. The fourth-order valence-corrected chi connectivity index (χ4v) is 1.24. The molecule has 0 saturated heterocycles. The molecule has 1 aromatic rings. The molecule has 0 aliphatic rings. The van der Waals surface area contributed by atoms with Gasteiger partial charge in [0.1, 0.15) is 0 Å². The first-order valence-corrected chi connectivity index (χ1v) is 5.36. The van der Waals surface area contributed by atoms with E-state index in [-0.39, 0.29) is 12.6 Å². The van der Waals surface area contributed by atoms with Gasteiger partial charge in [0, 0.05) is 12.4 Å². The molecule has 98 valence electrons. The number of urea groups is 1. The summed E-state index contributed by atoms with van der Waals surface area (Å²) in [5.41, 5.74) is 0.825. The van der Waals surface area contributed by atoms with Crippen molar-refractivity contribution in [1.29, 1.82) is 0 Å². The van der Waals surface area contributed by atoms with Crippen LogP contribution in [-0.2, 0) is 4.79 Å². The van der Waals surface area contributed by atoms with Gasteiger partial charge in [-0.15, -0.1) is 0 Å². The third kappa shape index (κ3) is 4.38. The zero-order chi connectivity index (χ0) is 13.5. The Morgan fingerprint density at radius 3 is 2.78 bits per heavy atom. The van der Waals surface area contributed by atoms with Crippen LogP contribution in [0, 0.1) is 0 Å². The van der Waals surface area contributed by atoms with Crippen LogP contribution in [-0.4, -0.2) is 39.8 Å². The normalized spacial score (nSPS) is 13.4. The minimum absolute atomic E-state index is 0.263. The second kappa shape index (κ2) is 6.55. The van der Waals surface area contributed by atoms with Crippen molar-refractivity contribution in [2.24, 2.45) is 0 Å². The fraction of sp³-hybridized carbons (Fsp3) is 0.364. The van der Waals surface area contributed by atoms with Gasteiger partial charge in [-0.2, -0.15) is 0 Å². The van der Waals surface area contributed by atoms with Crippen LogP contribution < -0.4 is 10.6 Å². The molecule has 4 N–H and O–H groups in total. The van der Waals surface area contributed by atoms with E-state index in [0.29, 0.717) is 0 Å². The molecule has 2 unspecified atom stereocenters. The molecule has 1 aromatic heterocycles. The molecule has 0 aromatic carbocycles. The second-order valence-corrected chi connectivity index (χ2v) is 3.72. The van der Waals surface area contributed by atoms with Crippen molar-refractivity contribution < 1.29 is 19.8 Å². The summed E-state index contributed by atoms with van der Waals surface area (Å²) < 4.78 is 0. The van der Waals surface area contributed by atoms with Gasteiger partial charge in [-0.3, -0.25) is 4.98 Å². The summed E-state index contributed by atoms with van der Waals surface area (Å²) in [7, 11) is 0. The lowest BCUT2D eigenvalue weighted by molar-refractivity contribution is -0.146. The average molecular weight is 253 g/mol. The topological polar surface area (TPSA) is 112 Å². The zero-order valence-corrected chi connectivity index (χ0v) is 9.83. The van der Waals surface area contributed by atoms with Crippen LogP contribution in [0.3, 0.4) is 0 Å². The fourth-order valence-electron chi connectivity index (χ4n) is 1.24. The Labute approximate surface area is 104 Å². The summed E-state index contributed by atoms with van der Waals surface area (Å²) in [6.45, 7) is 1.42. The Morgan fingerprint density at radius 1 is 1.50 bits per heavy atom. The summed E-state index contributed by atoms with van der Waals surface area (Å²) in [6.07, 6.45) is 1.64. The highest BCUT2D eigenvalue weighted by molar-refractivity contribution is 5.76. The maximum absolute atomic E-state index is 11.4. The van der Waals surface area contributed by atoms with Crippen LogP contribution in [0.4, 0.5) is 4.79 Å². The molecule has 0 saturated carbocycles. The monoisotopic (exact) mass is 253 g/mol. The SMILES string of the molecule is CC(NC(=O)NCC(O)C(=O)O)c1cccnc1. The maximum atomic E-state index is 11.4. The molecule has 1 rings (SSSR count). The van der Waals surface area contributed by atoms with Gasteiger partial charge < -0.3 is 20.8 Å². The molecule has 0 aliphatic carbocycles. The minimum Gasteiger partial charge on any atom is -0.479 e. The Balaban J connectivity index is 2.39.